The average Bonchev–Trinajstić information content (AvgIpc) is 3.38. The number of amides is 3. The van der Waals surface area contributed by atoms with Gasteiger partial charge in [0.25, 0.3) is 11.8 Å². The molecule has 0 atom stereocenters. The lowest BCUT2D eigenvalue weighted by Crippen LogP contribution is -2.31. The number of carbonyl (C=O) groups excluding carboxylic acids is 4. The zero-order chi connectivity index (χ0) is 23.4. The largest absolute Gasteiger partial charge is 0.496 e. The molecule has 2 heterocycles. The van der Waals surface area contributed by atoms with Crippen LogP contribution in [0.1, 0.15) is 48.9 Å². The lowest BCUT2D eigenvalue weighted by atomic mass is 10.1. The maximum atomic E-state index is 12.4. The second kappa shape index (κ2) is 9.70. The van der Waals surface area contributed by atoms with Crippen LogP contribution in [-0.2, 0) is 11.2 Å². The first kappa shape index (κ1) is 22.3. The molecule has 4 rings (SSSR count). The molecule has 0 aliphatic carbocycles. The predicted octanol–water partition coefficient (Wildman–Crippen LogP) is 2.99. The van der Waals surface area contributed by atoms with E-state index in [4.69, 9.17) is 4.74 Å². The van der Waals surface area contributed by atoms with Gasteiger partial charge in [0, 0.05) is 25.8 Å². The Hall–Kier alpha value is -3.92. The molecule has 0 radical (unpaired) electrons. The summed E-state index contributed by atoms with van der Waals surface area (Å²) in [6.07, 6.45) is 0.337. The van der Waals surface area contributed by atoms with Crippen LogP contribution in [0.3, 0.4) is 0 Å². The van der Waals surface area contributed by atoms with Crippen LogP contribution in [0.25, 0.3) is 0 Å². The third-order valence-corrected chi connectivity index (χ3v) is 6.03. The molecule has 3 amide bonds. The number of aromatic nitrogens is 2. The minimum Gasteiger partial charge on any atom is -0.496 e. The number of hydrogen-bond acceptors (Lipinski definition) is 8. The Morgan fingerprint density at radius 2 is 1.64 bits per heavy atom. The van der Waals surface area contributed by atoms with E-state index >= 15 is 0 Å². The fourth-order valence-corrected chi connectivity index (χ4v) is 4.22. The number of nitrogens with zero attached hydrogens (tertiary/aromatic N) is 3. The number of nitrogens with one attached hydrogen (secondary N) is 1. The second-order valence-electron chi connectivity index (χ2n) is 7.23. The molecule has 1 aromatic heterocycles. The van der Waals surface area contributed by atoms with Gasteiger partial charge >= 0.3 is 0 Å². The van der Waals surface area contributed by atoms with Gasteiger partial charge in [-0.2, -0.15) is 0 Å². The van der Waals surface area contributed by atoms with Crippen molar-refractivity contribution in [3.8, 4) is 5.75 Å². The zero-order valence-electron chi connectivity index (χ0n) is 17.7. The van der Waals surface area contributed by atoms with E-state index in [1.54, 1.807) is 48.5 Å². The first-order chi connectivity index (χ1) is 16.0. The van der Waals surface area contributed by atoms with Gasteiger partial charge in [0.15, 0.2) is 5.78 Å². The second-order valence-corrected chi connectivity index (χ2v) is 8.29. The van der Waals surface area contributed by atoms with Crippen LogP contribution in [-0.4, -0.2) is 52.3 Å². The maximum Gasteiger partial charge on any atom is 0.261 e. The summed E-state index contributed by atoms with van der Waals surface area (Å²) in [6.45, 7) is 0.169. The van der Waals surface area contributed by atoms with Gasteiger partial charge < -0.3 is 10.1 Å². The summed E-state index contributed by atoms with van der Waals surface area (Å²) in [4.78, 5) is 50.7. The fraction of sp³-hybridized carbons (Fsp3) is 0.217. The number of ether oxygens (including phenoxy) is 1. The van der Waals surface area contributed by atoms with E-state index in [2.05, 4.69) is 15.5 Å². The van der Waals surface area contributed by atoms with Crippen LogP contribution < -0.4 is 10.1 Å². The Labute approximate surface area is 193 Å². The summed E-state index contributed by atoms with van der Waals surface area (Å²) in [6, 6.07) is 13.6. The number of anilines is 1. The minimum absolute atomic E-state index is 0.0131. The van der Waals surface area contributed by atoms with Crippen molar-refractivity contribution in [3.63, 3.8) is 0 Å². The highest BCUT2D eigenvalue weighted by Crippen LogP contribution is 2.24. The van der Waals surface area contributed by atoms with Crippen molar-refractivity contribution < 1.29 is 23.9 Å². The van der Waals surface area contributed by atoms with Crippen molar-refractivity contribution in [2.24, 2.45) is 0 Å². The summed E-state index contributed by atoms with van der Waals surface area (Å²) < 4.78 is 5.18. The number of benzene rings is 2. The standard InChI is InChI=1S/C23H20N4O5S/c1-32-18-9-5-4-8-16(18)17(28)10-11-19(29)24-23-26-25-20(33-23)12-13-27-21(30)14-6-2-3-7-15(14)22(27)31/h2-9H,10-13H2,1H3,(H,24,26,29). The SMILES string of the molecule is COc1ccccc1C(=O)CCC(=O)Nc1nnc(CCN2C(=O)c3ccccc3C2=O)s1. The van der Waals surface area contributed by atoms with Crippen LogP contribution in [0.5, 0.6) is 5.75 Å². The summed E-state index contributed by atoms with van der Waals surface area (Å²) >= 11 is 1.16. The van der Waals surface area contributed by atoms with Crippen molar-refractivity contribution >= 4 is 40.0 Å². The number of para-hydroxylation sites is 1. The van der Waals surface area contributed by atoms with Crippen molar-refractivity contribution in [3.05, 3.63) is 70.2 Å². The summed E-state index contributed by atoms with van der Waals surface area (Å²) in [5.74, 6) is -0.737. The minimum atomic E-state index is -0.360. The van der Waals surface area contributed by atoms with Gasteiger partial charge in [-0.15, -0.1) is 10.2 Å². The van der Waals surface area contributed by atoms with Crippen LogP contribution >= 0.6 is 11.3 Å². The van der Waals surface area contributed by atoms with Crippen molar-refractivity contribution in [1.82, 2.24) is 15.1 Å². The third kappa shape index (κ3) is 4.80. The van der Waals surface area contributed by atoms with Crippen LogP contribution in [0.2, 0.25) is 0 Å². The Kier molecular flexibility index (Phi) is 6.55. The molecule has 1 aliphatic rings. The number of carbonyl (C=O) groups is 4. The maximum absolute atomic E-state index is 12.4. The molecule has 9 nitrogen and oxygen atoms in total. The lowest BCUT2D eigenvalue weighted by Gasteiger charge is -2.12. The van der Waals surface area contributed by atoms with Gasteiger partial charge in [-0.05, 0) is 24.3 Å². The monoisotopic (exact) mass is 464 g/mol. The molecule has 1 N–H and O–H groups in total. The van der Waals surface area contributed by atoms with Gasteiger partial charge in [-0.25, -0.2) is 0 Å². The molecular formula is C23H20N4O5S. The van der Waals surface area contributed by atoms with Gasteiger partial charge in [-0.1, -0.05) is 35.6 Å². The highest BCUT2D eigenvalue weighted by Gasteiger charge is 2.34. The molecule has 10 heteroatoms. The molecule has 1 aliphatic heterocycles. The average molecular weight is 465 g/mol. The zero-order valence-corrected chi connectivity index (χ0v) is 18.6. The first-order valence-electron chi connectivity index (χ1n) is 10.2. The van der Waals surface area contributed by atoms with Crippen LogP contribution in [0.4, 0.5) is 5.13 Å². The number of methoxy groups -OCH3 is 1. The molecule has 0 saturated heterocycles. The predicted molar refractivity (Wildman–Crippen MR) is 121 cm³/mol. The van der Waals surface area contributed by atoms with E-state index < -0.39 is 0 Å². The van der Waals surface area contributed by atoms with Gasteiger partial charge in [0.2, 0.25) is 11.0 Å². The molecule has 0 fully saturated rings. The van der Waals surface area contributed by atoms with Gasteiger partial charge in [0.05, 0.1) is 23.8 Å². The van der Waals surface area contributed by atoms with E-state index in [9.17, 15) is 19.2 Å². The number of hydrogen-bond donors (Lipinski definition) is 1. The Morgan fingerprint density at radius 1 is 0.970 bits per heavy atom. The van der Waals surface area contributed by atoms with Crippen LogP contribution in [0, 0.1) is 0 Å². The van der Waals surface area contributed by atoms with Crippen molar-refractivity contribution in [2.45, 2.75) is 19.3 Å². The number of ketones is 1. The Bertz CT molecular complexity index is 1200. The molecule has 0 saturated carbocycles. The van der Waals surface area contributed by atoms with Crippen molar-refractivity contribution in [2.75, 3.05) is 19.0 Å². The molecule has 0 bridgehead atoms. The molecule has 2 aromatic carbocycles. The molecule has 3 aromatic rings. The van der Waals surface area contributed by atoms with Gasteiger partial charge in [0.1, 0.15) is 10.8 Å². The smallest absolute Gasteiger partial charge is 0.261 e. The summed E-state index contributed by atoms with van der Waals surface area (Å²) in [7, 11) is 1.49. The number of Topliss-reactive ketones (excluding diaryl/α,β-unsaturated/α-hetero) is 1. The number of imide groups is 1. The molecule has 33 heavy (non-hydrogen) atoms. The third-order valence-electron chi connectivity index (χ3n) is 5.13. The van der Waals surface area contributed by atoms with E-state index in [0.29, 0.717) is 39.0 Å². The Balaban J connectivity index is 1.28. The summed E-state index contributed by atoms with van der Waals surface area (Å²) in [5, 5.41) is 11.5. The molecule has 0 spiro atoms. The summed E-state index contributed by atoms with van der Waals surface area (Å²) in [5.41, 5.74) is 1.23. The van der Waals surface area contributed by atoms with Gasteiger partial charge in [-0.3, -0.25) is 24.1 Å². The normalized spacial score (nSPS) is 12.6. The lowest BCUT2D eigenvalue weighted by molar-refractivity contribution is -0.116. The van der Waals surface area contributed by atoms with E-state index in [1.165, 1.54) is 12.0 Å². The van der Waals surface area contributed by atoms with E-state index in [0.717, 1.165) is 11.3 Å². The first-order valence-corrected chi connectivity index (χ1v) is 11.0. The fourth-order valence-electron chi connectivity index (χ4n) is 3.47. The topological polar surface area (TPSA) is 119 Å². The van der Waals surface area contributed by atoms with E-state index in [1.807, 2.05) is 0 Å². The number of fused-ring (bicyclic) bond motifs is 1. The number of rotatable bonds is 9. The molecule has 168 valence electrons. The molecule has 0 unspecified atom stereocenters. The van der Waals surface area contributed by atoms with Crippen molar-refractivity contribution in [1.29, 1.82) is 0 Å². The highest BCUT2D eigenvalue weighted by atomic mass is 32.1. The van der Waals surface area contributed by atoms with Crippen LogP contribution in [0.15, 0.2) is 48.5 Å². The molecular weight excluding hydrogens is 444 g/mol. The quantitative estimate of drug-likeness (QED) is 0.382. The highest BCUT2D eigenvalue weighted by molar-refractivity contribution is 7.15. The Morgan fingerprint density at radius 3 is 2.33 bits per heavy atom. The van der Waals surface area contributed by atoms with E-state index in [-0.39, 0.29) is 42.9 Å².